The number of anilines is 2. The average molecular weight is 292 g/mol. The molecule has 1 heterocycles. The summed E-state index contributed by atoms with van der Waals surface area (Å²) < 4.78 is 0. The van der Waals surface area contributed by atoms with Crippen LogP contribution in [-0.4, -0.2) is 34.8 Å². The Labute approximate surface area is 127 Å². The minimum absolute atomic E-state index is 0.301. The quantitative estimate of drug-likeness (QED) is 0.578. The molecular formula is C16H28N4O. The molecular weight excluding hydrogens is 264 g/mol. The zero-order chi connectivity index (χ0) is 15.1. The minimum Gasteiger partial charge on any atom is -0.396 e. The van der Waals surface area contributed by atoms with Gasteiger partial charge in [-0.15, -0.1) is 0 Å². The Kier molecular flexibility index (Phi) is 6.23. The zero-order valence-electron chi connectivity index (χ0n) is 13.3. The largest absolute Gasteiger partial charge is 0.396 e. The molecule has 3 N–H and O–H groups in total. The van der Waals surface area contributed by atoms with Crippen LogP contribution in [0.4, 0.5) is 11.6 Å². The number of nitrogens with one attached hydrogen (secondary N) is 2. The molecule has 1 saturated carbocycles. The Morgan fingerprint density at radius 2 is 1.71 bits per heavy atom. The molecule has 2 rings (SSSR count). The third-order valence-electron chi connectivity index (χ3n) is 3.83. The highest BCUT2D eigenvalue weighted by Gasteiger charge is 2.28. The van der Waals surface area contributed by atoms with Crippen LogP contribution >= 0.6 is 0 Å². The fourth-order valence-corrected chi connectivity index (χ4v) is 2.37. The lowest BCUT2D eigenvalue weighted by atomic mass is 10.2. The van der Waals surface area contributed by atoms with Gasteiger partial charge in [-0.25, -0.2) is 9.97 Å². The van der Waals surface area contributed by atoms with E-state index in [-0.39, 0.29) is 0 Å². The summed E-state index contributed by atoms with van der Waals surface area (Å²) in [5.41, 5.74) is 1.11. The molecule has 118 valence electrons. The number of hydrogen-bond donors (Lipinski definition) is 3. The first-order valence-corrected chi connectivity index (χ1v) is 8.23. The maximum absolute atomic E-state index is 8.77. The summed E-state index contributed by atoms with van der Waals surface area (Å²) >= 11 is 0. The van der Waals surface area contributed by atoms with Gasteiger partial charge < -0.3 is 15.7 Å². The van der Waals surface area contributed by atoms with Gasteiger partial charge in [-0.1, -0.05) is 12.8 Å². The Bertz CT molecular complexity index is 446. The van der Waals surface area contributed by atoms with Crippen molar-refractivity contribution in [1.29, 1.82) is 0 Å². The van der Waals surface area contributed by atoms with Crippen LogP contribution in [0.15, 0.2) is 0 Å². The van der Waals surface area contributed by atoms with Crippen LogP contribution in [0.5, 0.6) is 0 Å². The van der Waals surface area contributed by atoms with Gasteiger partial charge in [0.25, 0.3) is 0 Å². The van der Waals surface area contributed by atoms with Crippen LogP contribution < -0.4 is 10.6 Å². The van der Waals surface area contributed by atoms with E-state index in [1.54, 1.807) is 0 Å². The average Bonchev–Trinajstić information content (AvgIpc) is 3.31. The highest BCUT2D eigenvalue weighted by molar-refractivity contribution is 5.57. The number of unbranched alkanes of at least 4 members (excludes halogenated alkanes) is 3. The monoisotopic (exact) mass is 292 g/mol. The topological polar surface area (TPSA) is 70.1 Å². The number of aromatic nitrogens is 2. The third kappa shape index (κ3) is 4.84. The first-order valence-electron chi connectivity index (χ1n) is 8.23. The number of aliphatic hydroxyl groups is 1. The van der Waals surface area contributed by atoms with E-state index in [1.807, 2.05) is 0 Å². The molecule has 0 atom stereocenters. The van der Waals surface area contributed by atoms with E-state index in [2.05, 4.69) is 29.5 Å². The molecule has 1 aromatic heterocycles. The van der Waals surface area contributed by atoms with Gasteiger partial charge in [-0.3, -0.25) is 0 Å². The molecule has 21 heavy (non-hydrogen) atoms. The van der Waals surface area contributed by atoms with Crippen LogP contribution in [0, 0.1) is 6.92 Å². The molecule has 1 fully saturated rings. The Hall–Kier alpha value is -1.36. The molecule has 0 radical (unpaired) electrons. The lowest BCUT2D eigenvalue weighted by molar-refractivity contribution is 0.283. The number of rotatable bonds is 10. The summed E-state index contributed by atoms with van der Waals surface area (Å²) in [5, 5.41) is 15.6. The summed E-state index contributed by atoms with van der Waals surface area (Å²) in [7, 11) is 0. The summed E-state index contributed by atoms with van der Waals surface area (Å²) in [6, 6.07) is 0. The van der Waals surface area contributed by atoms with Crippen molar-refractivity contribution in [3.8, 4) is 0 Å². The molecule has 1 aliphatic carbocycles. The van der Waals surface area contributed by atoms with Gasteiger partial charge in [-0.2, -0.15) is 0 Å². The van der Waals surface area contributed by atoms with Crippen LogP contribution in [0.3, 0.4) is 0 Å². The first kappa shape index (κ1) is 16.0. The smallest absolute Gasteiger partial charge is 0.136 e. The van der Waals surface area contributed by atoms with Gasteiger partial charge in [0.15, 0.2) is 0 Å². The van der Waals surface area contributed by atoms with Crippen molar-refractivity contribution in [1.82, 2.24) is 9.97 Å². The second-order valence-electron chi connectivity index (χ2n) is 5.77. The van der Waals surface area contributed by atoms with E-state index < -0.39 is 0 Å². The van der Waals surface area contributed by atoms with Crippen LogP contribution in [-0.2, 0) is 0 Å². The molecule has 1 aromatic rings. The molecule has 1 aliphatic rings. The van der Waals surface area contributed by atoms with E-state index in [4.69, 9.17) is 10.1 Å². The maximum atomic E-state index is 8.77. The number of hydrogen-bond acceptors (Lipinski definition) is 5. The molecule has 0 aliphatic heterocycles. The molecule has 5 nitrogen and oxygen atoms in total. The van der Waals surface area contributed by atoms with Crippen molar-refractivity contribution in [3.05, 3.63) is 11.4 Å². The van der Waals surface area contributed by atoms with Crippen molar-refractivity contribution < 1.29 is 5.11 Å². The van der Waals surface area contributed by atoms with Gasteiger partial charge in [-0.05, 0) is 39.5 Å². The normalized spacial score (nSPS) is 14.2. The Morgan fingerprint density at radius 1 is 1.05 bits per heavy atom. The van der Waals surface area contributed by atoms with Gasteiger partial charge in [0.1, 0.15) is 17.5 Å². The molecule has 5 heteroatoms. The summed E-state index contributed by atoms with van der Waals surface area (Å²) in [4.78, 5) is 9.37. The SMILES string of the molecule is CCNc1nc(C2CC2)nc(NCCCCCCO)c1C. The predicted molar refractivity (Wildman–Crippen MR) is 87.0 cm³/mol. The molecule has 0 unspecified atom stereocenters. The molecule has 0 aromatic carbocycles. The Balaban J connectivity index is 1.93. The zero-order valence-corrected chi connectivity index (χ0v) is 13.3. The summed E-state index contributed by atoms with van der Waals surface area (Å²) in [6.45, 7) is 6.27. The predicted octanol–water partition coefficient (Wildman–Crippen LogP) is 3.06. The van der Waals surface area contributed by atoms with Crippen molar-refractivity contribution in [2.45, 2.75) is 58.3 Å². The van der Waals surface area contributed by atoms with Crippen molar-refractivity contribution in [3.63, 3.8) is 0 Å². The van der Waals surface area contributed by atoms with E-state index in [0.29, 0.717) is 12.5 Å². The van der Waals surface area contributed by atoms with E-state index in [0.717, 1.165) is 61.8 Å². The highest BCUT2D eigenvalue weighted by atomic mass is 16.2. The molecule has 0 saturated heterocycles. The van der Waals surface area contributed by atoms with Crippen molar-refractivity contribution in [2.24, 2.45) is 0 Å². The summed E-state index contributed by atoms with van der Waals surface area (Å²) in [5.74, 6) is 3.50. The van der Waals surface area contributed by atoms with Crippen molar-refractivity contribution in [2.75, 3.05) is 30.3 Å². The fraction of sp³-hybridized carbons (Fsp3) is 0.750. The fourth-order valence-electron chi connectivity index (χ4n) is 2.37. The van der Waals surface area contributed by atoms with E-state index >= 15 is 0 Å². The molecule has 0 amide bonds. The Morgan fingerprint density at radius 3 is 2.33 bits per heavy atom. The second kappa shape index (κ2) is 8.17. The van der Waals surface area contributed by atoms with E-state index in [1.165, 1.54) is 12.8 Å². The van der Waals surface area contributed by atoms with Crippen molar-refractivity contribution >= 4 is 11.6 Å². The highest BCUT2D eigenvalue weighted by Crippen LogP contribution is 2.39. The lowest BCUT2D eigenvalue weighted by Crippen LogP contribution is -2.11. The minimum atomic E-state index is 0.301. The first-order chi connectivity index (χ1) is 10.3. The van der Waals surface area contributed by atoms with Gasteiger partial charge >= 0.3 is 0 Å². The molecule has 0 bridgehead atoms. The van der Waals surface area contributed by atoms with E-state index in [9.17, 15) is 0 Å². The maximum Gasteiger partial charge on any atom is 0.136 e. The van der Waals surface area contributed by atoms with Gasteiger partial charge in [0, 0.05) is 31.2 Å². The van der Waals surface area contributed by atoms with Crippen LogP contribution in [0.1, 0.15) is 62.8 Å². The second-order valence-corrected chi connectivity index (χ2v) is 5.77. The van der Waals surface area contributed by atoms with Gasteiger partial charge in [0.05, 0.1) is 0 Å². The molecule has 0 spiro atoms. The number of aliphatic hydroxyl groups excluding tert-OH is 1. The lowest BCUT2D eigenvalue weighted by Gasteiger charge is -2.14. The number of nitrogens with zero attached hydrogens (tertiary/aromatic N) is 2. The van der Waals surface area contributed by atoms with Crippen LogP contribution in [0.2, 0.25) is 0 Å². The summed E-state index contributed by atoms with van der Waals surface area (Å²) in [6.07, 6.45) is 6.69. The third-order valence-corrected chi connectivity index (χ3v) is 3.83. The standard InChI is InChI=1S/C16H28N4O/c1-3-17-14-12(2)15(18-10-6-4-5-7-11-21)20-16(19-14)13-8-9-13/h13,21H,3-11H2,1-2H3,(H2,17,18,19,20). The van der Waals surface area contributed by atoms with Gasteiger partial charge in [0.2, 0.25) is 0 Å². The van der Waals surface area contributed by atoms with Crippen LogP contribution in [0.25, 0.3) is 0 Å².